The molecule has 0 fully saturated rings. The molecule has 0 saturated heterocycles. The molecular weight excluding hydrogens is 236 g/mol. The molecule has 1 aromatic carbocycles. The fourth-order valence-electron chi connectivity index (χ4n) is 1.43. The summed E-state index contributed by atoms with van der Waals surface area (Å²) in [5.74, 6) is 0. The molecule has 1 heterocycles. The molecule has 0 N–H and O–H groups in total. The maximum absolute atomic E-state index is 11.3. The van der Waals surface area contributed by atoms with Crippen molar-refractivity contribution in [1.29, 1.82) is 0 Å². The van der Waals surface area contributed by atoms with Crippen molar-refractivity contribution in [2.24, 2.45) is 0 Å². The van der Waals surface area contributed by atoms with Crippen LogP contribution in [0.1, 0.15) is 5.69 Å². The number of nitrogens with zero attached hydrogens (tertiary/aromatic N) is 2. The van der Waals surface area contributed by atoms with Crippen molar-refractivity contribution in [1.82, 2.24) is 10.2 Å². The zero-order chi connectivity index (χ0) is 12.5. The predicted molar refractivity (Wildman–Crippen MR) is 65.3 cm³/mol. The molecule has 88 valence electrons. The molecular formula is C12H12N2O2S. The minimum Gasteiger partial charge on any atom is -0.224 e. The summed E-state index contributed by atoms with van der Waals surface area (Å²) in [7, 11) is -3.14. The van der Waals surface area contributed by atoms with E-state index in [1.54, 1.807) is 24.3 Å². The first-order valence-corrected chi connectivity index (χ1v) is 6.97. The summed E-state index contributed by atoms with van der Waals surface area (Å²) in [5, 5.41) is 8.00. The second-order valence-corrected chi connectivity index (χ2v) is 5.87. The molecule has 4 nitrogen and oxygen atoms in total. The van der Waals surface area contributed by atoms with E-state index in [2.05, 4.69) is 10.2 Å². The Labute approximate surface area is 100 Å². The minimum absolute atomic E-state index is 0.307. The molecule has 0 amide bonds. The average Bonchev–Trinajstić information content (AvgIpc) is 2.29. The number of aromatic nitrogens is 2. The van der Waals surface area contributed by atoms with Crippen molar-refractivity contribution in [3.8, 4) is 11.3 Å². The lowest BCUT2D eigenvalue weighted by molar-refractivity contribution is 0.602. The Morgan fingerprint density at radius 1 is 0.941 bits per heavy atom. The van der Waals surface area contributed by atoms with Crippen LogP contribution in [0.15, 0.2) is 41.3 Å². The summed E-state index contributed by atoms with van der Waals surface area (Å²) in [6.07, 6.45) is 1.19. The first-order valence-electron chi connectivity index (χ1n) is 5.07. The zero-order valence-electron chi connectivity index (χ0n) is 9.58. The van der Waals surface area contributed by atoms with Gasteiger partial charge in [-0.1, -0.05) is 12.1 Å². The van der Waals surface area contributed by atoms with Gasteiger partial charge in [-0.3, -0.25) is 0 Å². The third-order valence-corrected chi connectivity index (χ3v) is 3.50. The molecule has 0 aliphatic rings. The Bertz CT molecular complexity index is 617. The highest BCUT2D eigenvalue weighted by atomic mass is 32.2. The van der Waals surface area contributed by atoms with Gasteiger partial charge < -0.3 is 0 Å². The van der Waals surface area contributed by atoms with Gasteiger partial charge in [-0.2, -0.15) is 10.2 Å². The number of hydrogen-bond donors (Lipinski definition) is 0. The molecule has 0 atom stereocenters. The predicted octanol–water partition coefficient (Wildman–Crippen LogP) is 1.86. The third-order valence-electron chi connectivity index (χ3n) is 2.38. The number of sulfone groups is 1. The molecule has 17 heavy (non-hydrogen) atoms. The van der Waals surface area contributed by atoms with Gasteiger partial charge in [-0.15, -0.1) is 0 Å². The van der Waals surface area contributed by atoms with Gasteiger partial charge >= 0.3 is 0 Å². The lowest BCUT2D eigenvalue weighted by atomic mass is 10.1. The highest BCUT2D eigenvalue weighted by molar-refractivity contribution is 7.90. The molecule has 2 aromatic rings. The van der Waals surface area contributed by atoms with Crippen LogP contribution in [-0.4, -0.2) is 24.9 Å². The maximum Gasteiger partial charge on any atom is 0.175 e. The number of benzene rings is 1. The molecule has 0 radical (unpaired) electrons. The third kappa shape index (κ3) is 2.68. The van der Waals surface area contributed by atoms with E-state index in [1.807, 2.05) is 19.1 Å². The number of rotatable bonds is 2. The largest absolute Gasteiger partial charge is 0.224 e. The summed E-state index contributed by atoms with van der Waals surface area (Å²) in [4.78, 5) is 0.307. The second-order valence-electron chi connectivity index (χ2n) is 3.86. The SMILES string of the molecule is Cc1ccc(-c2ccc(S(C)(=O)=O)cc2)nn1. The van der Waals surface area contributed by atoms with Crippen molar-refractivity contribution in [2.45, 2.75) is 11.8 Å². The van der Waals surface area contributed by atoms with E-state index in [-0.39, 0.29) is 0 Å². The van der Waals surface area contributed by atoms with E-state index in [1.165, 1.54) is 6.26 Å². The van der Waals surface area contributed by atoms with E-state index in [0.29, 0.717) is 4.90 Å². The van der Waals surface area contributed by atoms with Crippen molar-refractivity contribution in [2.75, 3.05) is 6.26 Å². The van der Waals surface area contributed by atoms with Crippen LogP contribution in [0.2, 0.25) is 0 Å². The lowest BCUT2D eigenvalue weighted by Gasteiger charge is -2.02. The van der Waals surface area contributed by atoms with Gasteiger partial charge in [0, 0.05) is 11.8 Å². The van der Waals surface area contributed by atoms with E-state index in [9.17, 15) is 8.42 Å². The van der Waals surface area contributed by atoms with Gasteiger partial charge in [-0.05, 0) is 31.2 Å². The minimum atomic E-state index is -3.14. The van der Waals surface area contributed by atoms with Crippen LogP contribution >= 0.6 is 0 Å². The Hall–Kier alpha value is -1.75. The van der Waals surface area contributed by atoms with Crippen molar-refractivity contribution in [3.63, 3.8) is 0 Å². The monoisotopic (exact) mass is 248 g/mol. The first kappa shape index (κ1) is 11.7. The average molecular weight is 248 g/mol. The van der Waals surface area contributed by atoms with Gasteiger partial charge in [0.1, 0.15) is 0 Å². The fraction of sp³-hybridized carbons (Fsp3) is 0.167. The Balaban J connectivity index is 2.39. The van der Waals surface area contributed by atoms with Crippen LogP contribution in [0.3, 0.4) is 0 Å². The standard InChI is InChI=1S/C12H12N2O2S/c1-9-3-8-12(14-13-9)10-4-6-11(7-5-10)17(2,15)16/h3-8H,1-2H3. The van der Waals surface area contributed by atoms with Gasteiger partial charge in [0.2, 0.25) is 0 Å². The molecule has 2 rings (SSSR count). The van der Waals surface area contributed by atoms with Gasteiger partial charge in [0.25, 0.3) is 0 Å². The molecule has 0 bridgehead atoms. The highest BCUT2D eigenvalue weighted by Crippen LogP contribution is 2.18. The van der Waals surface area contributed by atoms with Crippen LogP contribution in [0, 0.1) is 6.92 Å². The Morgan fingerprint density at radius 2 is 1.59 bits per heavy atom. The smallest absolute Gasteiger partial charge is 0.175 e. The summed E-state index contributed by atoms with van der Waals surface area (Å²) < 4.78 is 22.6. The van der Waals surface area contributed by atoms with Crippen LogP contribution in [0.5, 0.6) is 0 Å². The van der Waals surface area contributed by atoms with Crippen molar-refractivity contribution >= 4 is 9.84 Å². The Morgan fingerprint density at radius 3 is 2.06 bits per heavy atom. The second kappa shape index (κ2) is 4.25. The summed E-state index contributed by atoms with van der Waals surface area (Å²) in [6, 6.07) is 10.3. The van der Waals surface area contributed by atoms with Crippen LogP contribution in [-0.2, 0) is 9.84 Å². The number of aryl methyl sites for hydroxylation is 1. The topological polar surface area (TPSA) is 59.9 Å². The summed E-state index contributed by atoms with van der Waals surface area (Å²) in [5.41, 5.74) is 2.43. The fourth-order valence-corrected chi connectivity index (χ4v) is 2.06. The molecule has 0 unspecified atom stereocenters. The van der Waals surface area contributed by atoms with Gasteiger partial charge in [0.15, 0.2) is 9.84 Å². The molecule has 0 saturated carbocycles. The van der Waals surface area contributed by atoms with E-state index in [4.69, 9.17) is 0 Å². The summed E-state index contributed by atoms with van der Waals surface area (Å²) >= 11 is 0. The van der Waals surface area contributed by atoms with Gasteiger partial charge in [0.05, 0.1) is 16.3 Å². The van der Waals surface area contributed by atoms with Crippen LogP contribution in [0.25, 0.3) is 11.3 Å². The van der Waals surface area contributed by atoms with Gasteiger partial charge in [-0.25, -0.2) is 8.42 Å². The summed E-state index contributed by atoms with van der Waals surface area (Å²) in [6.45, 7) is 1.86. The van der Waals surface area contributed by atoms with Crippen LogP contribution in [0.4, 0.5) is 0 Å². The molecule has 0 aliphatic carbocycles. The molecule has 5 heteroatoms. The van der Waals surface area contributed by atoms with E-state index < -0.39 is 9.84 Å². The zero-order valence-corrected chi connectivity index (χ0v) is 10.4. The van der Waals surface area contributed by atoms with Crippen molar-refractivity contribution < 1.29 is 8.42 Å². The van der Waals surface area contributed by atoms with E-state index >= 15 is 0 Å². The van der Waals surface area contributed by atoms with Crippen LogP contribution < -0.4 is 0 Å². The van der Waals surface area contributed by atoms with E-state index in [0.717, 1.165) is 17.0 Å². The molecule has 0 aliphatic heterocycles. The normalized spacial score (nSPS) is 11.4. The van der Waals surface area contributed by atoms with Crippen molar-refractivity contribution in [3.05, 3.63) is 42.1 Å². The first-order chi connectivity index (χ1) is 7.97. The maximum atomic E-state index is 11.3. The molecule has 1 aromatic heterocycles. The Kier molecular flexibility index (Phi) is 2.93. The molecule has 0 spiro atoms. The quantitative estimate of drug-likeness (QED) is 0.813. The lowest BCUT2D eigenvalue weighted by Crippen LogP contribution is -1.96. The number of hydrogen-bond acceptors (Lipinski definition) is 4. The highest BCUT2D eigenvalue weighted by Gasteiger charge is 2.07.